The van der Waals surface area contributed by atoms with Gasteiger partial charge in [-0.3, -0.25) is 0 Å². The van der Waals surface area contributed by atoms with Crippen molar-refractivity contribution in [2.24, 2.45) is 11.8 Å². The Morgan fingerprint density at radius 3 is 2.19 bits per heavy atom. The molecule has 1 atom stereocenters. The van der Waals surface area contributed by atoms with Gasteiger partial charge in [0, 0.05) is 0 Å². The number of aliphatic hydroxyl groups is 2. The molecule has 0 bridgehead atoms. The van der Waals surface area contributed by atoms with E-state index in [1.807, 2.05) is 0 Å². The molecule has 2 N–H and O–H groups in total. The molecule has 2 aliphatic carbocycles. The maximum absolute atomic E-state index is 10.4. The average molecular weight is 226 g/mol. The summed E-state index contributed by atoms with van der Waals surface area (Å²) >= 11 is 0. The molecule has 2 fully saturated rings. The van der Waals surface area contributed by atoms with Gasteiger partial charge in [-0.15, -0.1) is 0 Å². The summed E-state index contributed by atoms with van der Waals surface area (Å²) in [4.78, 5) is 0. The summed E-state index contributed by atoms with van der Waals surface area (Å²) < 4.78 is 0. The van der Waals surface area contributed by atoms with Gasteiger partial charge in [-0.2, -0.15) is 0 Å². The Kier molecular flexibility index (Phi) is 3.91. The Hall–Kier alpha value is -0.0800. The van der Waals surface area contributed by atoms with Gasteiger partial charge in [0.1, 0.15) is 0 Å². The van der Waals surface area contributed by atoms with Crippen LogP contribution in [0, 0.1) is 11.8 Å². The molecule has 0 spiro atoms. The molecule has 0 aromatic heterocycles. The third-order valence-corrected chi connectivity index (χ3v) is 4.94. The Morgan fingerprint density at radius 1 is 1.12 bits per heavy atom. The smallest absolute Gasteiger partial charge is 0.0908 e. The van der Waals surface area contributed by atoms with Gasteiger partial charge in [-0.05, 0) is 37.5 Å². The predicted octanol–water partition coefficient (Wildman–Crippen LogP) is 2.87. The highest BCUT2D eigenvalue weighted by molar-refractivity contribution is 4.95. The van der Waals surface area contributed by atoms with Crippen LogP contribution < -0.4 is 0 Å². The van der Waals surface area contributed by atoms with Crippen LogP contribution in [0.1, 0.15) is 64.7 Å². The van der Waals surface area contributed by atoms with Crippen LogP contribution in [-0.4, -0.2) is 21.9 Å². The minimum Gasteiger partial charge on any atom is -0.390 e. The fourth-order valence-electron chi connectivity index (χ4n) is 3.63. The highest BCUT2D eigenvalue weighted by atomic mass is 16.3. The van der Waals surface area contributed by atoms with Crippen molar-refractivity contribution in [3.63, 3.8) is 0 Å². The molecule has 0 radical (unpaired) electrons. The van der Waals surface area contributed by atoms with E-state index in [-0.39, 0.29) is 0 Å². The maximum atomic E-state index is 10.4. The summed E-state index contributed by atoms with van der Waals surface area (Å²) in [6.45, 7) is 2.26. The van der Waals surface area contributed by atoms with Crippen molar-refractivity contribution in [2.75, 3.05) is 0 Å². The third kappa shape index (κ3) is 2.43. The summed E-state index contributed by atoms with van der Waals surface area (Å²) in [5.74, 6) is 1.22. The van der Waals surface area contributed by atoms with Crippen LogP contribution in [0.2, 0.25) is 0 Å². The topological polar surface area (TPSA) is 40.5 Å². The van der Waals surface area contributed by atoms with Crippen LogP contribution >= 0.6 is 0 Å². The fraction of sp³-hybridized carbons (Fsp3) is 1.00. The van der Waals surface area contributed by atoms with E-state index in [1.54, 1.807) is 0 Å². The van der Waals surface area contributed by atoms with Gasteiger partial charge in [-0.1, -0.05) is 39.0 Å². The van der Waals surface area contributed by atoms with E-state index in [4.69, 9.17) is 0 Å². The van der Waals surface area contributed by atoms with Crippen molar-refractivity contribution in [3.8, 4) is 0 Å². The summed E-state index contributed by atoms with van der Waals surface area (Å²) in [5.41, 5.74) is -0.746. The van der Waals surface area contributed by atoms with Crippen LogP contribution in [0.5, 0.6) is 0 Å². The zero-order valence-electron chi connectivity index (χ0n) is 10.5. The first-order chi connectivity index (χ1) is 7.65. The molecule has 94 valence electrons. The summed E-state index contributed by atoms with van der Waals surface area (Å²) in [5, 5.41) is 20.7. The number of hydrogen-bond donors (Lipinski definition) is 2. The van der Waals surface area contributed by atoms with Crippen molar-refractivity contribution in [1.29, 1.82) is 0 Å². The monoisotopic (exact) mass is 226 g/mol. The third-order valence-electron chi connectivity index (χ3n) is 4.94. The Balaban J connectivity index is 1.88. The molecule has 0 aromatic carbocycles. The molecule has 0 aromatic rings. The van der Waals surface area contributed by atoms with E-state index in [1.165, 1.54) is 19.3 Å². The molecule has 0 amide bonds. The molecule has 0 heterocycles. The summed E-state index contributed by atoms with van der Waals surface area (Å²) in [7, 11) is 0. The van der Waals surface area contributed by atoms with E-state index in [9.17, 15) is 10.2 Å². The van der Waals surface area contributed by atoms with Crippen molar-refractivity contribution in [2.45, 2.75) is 76.4 Å². The first-order valence-corrected chi connectivity index (χ1v) is 7.06. The standard InChI is InChI=1S/C14H26O2/c1-2-11-5-7-12(8-6-11)13(15)14(16)9-3-4-10-14/h11-13,15-16H,2-10H2,1H3. The molecule has 2 nitrogen and oxygen atoms in total. The SMILES string of the molecule is CCC1CCC(C(O)C2(O)CCCC2)CC1. The quantitative estimate of drug-likeness (QED) is 0.777. The van der Waals surface area contributed by atoms with Gasteiger partial charge in [0.25, 0.3) is 0 Å². The highest BCUT2D eigenvalue weighted by Gasteiger charge is 2.42. The van der Waals surface area contributed by atoms with Crippen LogP contribution in [-0.2, 0) is 0 Å². The first-order valence-electron chi connectivity index (χ1n) is 7.06. The van der Waals surface area contributed by atoms with Crippen LogP contribution in [0.25, 0.3) is 0 Å². The minimum atomic E-state index is -0.746. The Bertz CT molecular complexity index is 213. The number of rotatable bonds is 3. The second-order valence-electron chi connectivity index (χ2n) is 5.94. The summed E-state index contributed by atoms with van der Waals surface area (Å²) in [6, 6.07) is 0. The van der Waals surface area contributed by atoms with E-state index in [0.29, 0.717) is 5.92 Å². The van der Waals surface area contributed by atoms with E-state index in [0.717, 1.165) is 44.4 Å². The van der Waals surface area contributed by atoms with Gasteiger partial charge in [0.15, 0.2) is 0 Å². The first kappa shape index (κ1) is 12.4. The van der Waals surface area contributed by atoms with Gasteiger partial charge >= 0.3 is 0 Å². The van der Waals surface area contributed by atoms with Crippen molar-refractivity contribution in [1.82, 2.24) is 0 Å². The lowest BCUT2D eigenvalue weighted by atomic mass is 9.74. The zero-order chi connectivity index (χ0) is 11.6. The fourth-order valence-corrected chi connectivity index (χ4v) is 3.63. The molecule has 0 aliphatic heterocycles. The Morgan fingerprint density at radius 2 is 1.69 bits per heavy atom. The van der Waals surface area contributed by atoms with Crippen LogP contribution in [0.3, 0.4) is 0 Å². The van der Waals surface area contributed by atoms with Crippen molar-refractivity contribution >= 4 is 0 Å². The lowest BCUT2D eigenvalue weighted by Gasteiger charge is -2.38. The van der Waals surface area contributed by atoms with Gasteiger partial charge < -0.3 is 10.2 Å². The minimum absolute atomic E-state index is 0.353. The van der Waals surface area contributed by atoms with Crippen LogP contribution in [0.15, 0.2) is 0 Å². The normalized spacial score (nSPS) is 36.2. The molecule has 0 saturated heterocycles. The molecular formula is C14H26O2. The molecule has 2 rings (SSSR count). The van der Waals surface area contributed by atoms with Crippen molar-refractivity contribution in [3.05, 3.63) is 0 Å². The Labute approximate surface area is 99.1 Å². The molecular weight excluding hydrogens is 200 g/mol. The zero-order valence-corrected chi connectivity index (χ0v) is 10.5. The van der Waals surface area contributed by atoms with E-state index < -0.39 is 11.7 Å². The average Bonchev–Trinajstić information content (AvgIpc) is 2.77. The van der Waals surface area contributed by atoms with Gasteiger partial charge in [0.2, 0.25) is 0 Å². The second kappa shape index (κ2) is 5.05. The largest absolute Gasteiger partial charge is 0.390 e. The molecule has 2 saturated carbocycles. The second-order valence-corrected chi connectivity index (χ2v) is 5.94. The van der Waals surface area contributed by atoms with Crippen LogP contribution in [0.4, 0.5) is 0 Å². The molecule has 2 aliphatic rings. The number of aliphatic hydroxyl groups excluding tert-OH is 1. The van der Waals surface area contributed by atoms with Gasteiger partial charge in [-0.25, -0.2) is 0 Å². The summed E-state index contributed by atoms with van der Waals surface area (Å²) in [6.07, 6.45) is 9.30. The lowest BCUT2D eigenvalue weighted by Crippen LogP contribution is -2.45. The predicted molar refractivity (Wildman–Crippen MR) is 65.2 cm³/mol. The lowest BCUT2D eigenvalue weighted by molar-refractivity contribution is -0.104. The number of hydrogen-bond acceptors (Lipinski definition) is 2. The molecule has 2 heteroatoms. The van der Waals surface area contributed by atoms with E-state index >= 15 is 0 Å². The molecule has 1 unspecified atom stereocenters. The van der Waals surface area contributed by atoms with E-state index in [2.05, 4.69) is 6.92 Å². The maximum Gasteiger partial charge on any atom is 0.0908 e. The van der Waals surface area contributed by atoms with Crippen molar-refractivity contribution < 1.29 is 10.2 Å². The van der Waals surface area contributed by atoms with Gasteiger partial charge in [0.05, 0.1) is 11.7 Å². The highest BCUT2D eigenvalue weighted by Crippen LogP contribution is 2.40. The molecule has 16 heavy (non-hydrogen) atoms.